The smallest absolute Gasteiger partial charge is 0.330 e. The van der Waals surface area contributed by atoms with Crippen molar-refractivity contribution in [1.29, 1.82) is 0 Å². The summed E-state index contributed by atoms with van der Waals surface area (Å²) in [6.45, 7) is 8.35. The lowest BCUT2D eigenvalue weighted by atomic mass is 9.92. The fourth-order valence-electron chi connectivity index (χ4n) is 2.53. The first kappa shape index (κ1) is 19.5. The van der Waals surface area contributed by atoms with E-state index in [1.54, 1.807) is 25.2 Å². The van der Waals surface area contributed by atoms with E-state index in [4.69, 9.17) is 0 Å². The summed E-state index contributed by atoms with van der Waals surface area (Å²) < 4.78 is 0. The van der Waals surface area contributed by atoms with E-state index in [1.807, 2.05) is 19.1 Å². The Hall–Kier alpha value is -2.83. The minimum absolute atomic E-state index is 0.0881. The summed E-state index contributed by atoms with van der Waals surface area (Å²) in [4.78, 5) is 25.5. The van der Waals surface area contributed by atoms with Crippen LogP contribution in [0, 0.1) is 6.92 Å². The molecule has 0 saturated heterocycles. The number of rotatable bonds is 5. The molecule has 0 fully saturated rings. The van der Waals surface area contributed by atoms with Crippen molar-refractivity contribution in [1.82, 2.24) is 20.4 Å². The fraction of sp³-hybridized carbons (Fsp3) is 0.421. The third-order valence-corrected chi connectivity index (χ3v) is 4.04. The second kappa shape index (κ2) is 7.59. The van der Waals surface area contributed by atoms with Crippen LogP contribution in [-0.2, 0) is 16.8 Å². The van der Waals surface area contributed by atoms with Crippen LogP contribution >= 0.6 is 0 Å². The van der Waals surface area contributed by atoms with Gasteiger partial charge in [0.25, 0.3) is 0 Å². The normalized spacial score (nSPS) is 12.5. The molecule has 0 unspecified atom stereocenters. The third kappa shape index (κ3) is 4.84. The van der Waals surface area contributed by atoms with Gasteiger partial charge in [0.2, 0.25) is 0 Å². The highest BCUT2D eigenvalue weighted by molar-refractivity contribution is 5.83. The summed E-state index contributed by atoms with van der Waals surface area (Å²) in [5.41, 5.74) is 3.08. The van der Waals surface area contributed by atoms with Gasteiger partial charge in [-0.15, -0.1) is 0 Å². The number of hydrogen-bond acceptors (Lipinski definition) is 3. The average Bonchev–Trinajstić information content (AvgIpc) is 3.00. The SMILES string of the molecule is Cc1cccc([C@@H](NC(=O)N(C)Cc2cc(C(C)(C)C)n[nH]2)C(=O)O)c1. The number of carbonyl (C=O) groups is 2. The van der Waals surface area contributed by atoms with E-state index < -0.39 is 18.0 Å². The summed E-state index contributed by atoms with van der Waals surface area (Å²) in [7, 11) is 1.61. The number of aromatic amines is 1. The zero-order valence-electron chi connectivity index (χ0n) is 15.8. The van der Waals surface area contributed by atoms with E-state index in [9.17, 15) is 14.7 Å². The number of urea groups is 1. The number of aliphatic carboxylic acids is 1. The number of carboxylic acid groups (broad SMARTS) is 1. The van der Waals surface area contributed by atoms with Crippen LogP contribution in [0.5, 0.6) is 0 Å². The van der Waals surface area contributed by atoms with Gasteiger partial charge in [0.1, 0.15) is 0 Å². The van der Waals surface area contributed by atoms with E-state index >= 15 is 0 Å². The van der Waals surface area contributed by atoms with Crippen molar-refractivity contribution in [2.24, 2.45) is 0 Å². The first-order valence-electron chi connectivity index (χ1n) is 8.43. The van der Waals surface area contributed by atoms with Crippen LogP contribution in [0.15, 0.2) is 30.3 Å². The van der Waals surface area contributed by atoms with Crippen molar-refractivity contribution in [3.05, 3.63) is 52.8 Å². The maximum atomic E-state index is 12.4. The lowest BCUT2D eigenvalue weighted by Gasteiger charge is -2.21. The van der Waals surface area contributed by atoms with Crippen molar-refractivity contribution in [3.8, 4) is 0 Å². The van der Waals surface area contributed by atoms with Gasteiger partial charge in [0, 0.05) is 12.5 Å². The topological polar surface area (TPSA) is 98.3 Å². The average molecular weight is 358 g/mol. The highest BCUT2D eigenvalue weighted by Gasteiger charge is 2.24. The lowest BCUT2D eigenvalue weighted by Crippen LogP contribution is -2.41. The minimum Gasteiger partial charge on any atom is -0.479 e. The van der Waals surface area contributed by atoms with E-state index in [0.29, 0.717) is 12.1 Å². The molecule has 0 radical (unpaired) electrons. The zero-order valence-corrected chi connectivity index (χ0v) is 15.8. The van der Waals surface area contributed by atoms with Crippen LogP contribution in [0.25, 0.3) is 0 Å². The van der Waals surface area contributed by atoms with Crippen LogP contribution < -0.4 is 5.32 Å². The molecule has 140 valence electrons. The summed E-state index contributed by atoms with van der Waals surface area (Å²) in [5.74, 6) is -1.10. The zero-order chi connectivity index (χ0) is 19.5. The number of H-pyrrole nitrogens is 1. The maximum Gasteiger partial charge on any atom is 0.330 e. The molecule has 1 aromatic heterocycles. The van der Waals surface area contributed by atoms with Gasteiger partial charge in [0.05, 0.1) is 17.9 Å². The molecule has 0 aliphatic heterocycles. The summed E-state index contributed by atoms with van der Waals surface area (Å²) in [6, 6.07) is 7.44. The lowest BCUT2D eigenvalue weighted by molar-refractivity contribution is -0.139. The van der Waals surface area contributed by atoms with Crippen molar-refractivity contribution < 1.29 is 14.7 Å². The Morgan fingerprint density at radius 2 is 2.00 bits per heavy atom. The molecule has 0 spiro atoms. The molecule has 7 heteroatoms. The van der Waals surface area contributed by atoms with Gasteiger partial charge in [-0.05, 0) is 18.6 Å². The Kier molecular flexibility index (Phi) is 5.69. The minimum atomic E-state index is -1.10. The molecule has 2 rings (SSSR count). The predicted octanol–water partition coefficient (Wildman–Crippen LogP) is 2.98. The molecule has 0 aliphatic carbocycles. The van der Waals surface area contributed by atoms with Gasteiger partial charge in [-0.1, -0.05) is 50.6 Å². The second-order valence-electron chi connectivity index (χ2n) is 7.52. The first-order chi connectivity index (χ1) is 12.1. The Balaban J connectivity index is 2.07. The van der Waals surface area contributed by atoms with Crippen LogP contribution in [0.2, 0.25) is 0 Å². The highest BCUT2D eigenvalue weighted by atomic mass is 16.4. The molecule has 0 aliphatic rings. The number of aryl methyl sites for hydroxylation is 1. The monoisotopic (exact) mass is 358 g/mol. The van der Waals surface area contributed by atoms with Crippen LogP contribution in [0.4, 0.5) is 4.79 Å². The van der Waals surface area contributed by atoms with Gasteiger partial charge < -0.3 is 15.3 Å². The Bertz CT molecular complexity index is 792. The molecule has 3 N–H and O–H groups in total. The Labute approximate surface area is 153 Å². The third-order valence-electron chi connectivity index (χ3n) is 4.04. The molecular formula is C19H26N4O3. The van der Waals surface area contributed by atoms with Crippen molar-refractivity contribution >= 4 is 12.0 Å². The largest absolute Gasteiger partial charge is 0.479 e. The first-order valence-corrected chi connectivity index (χ1v) is 8.43. The van der Waals surface area contributed by atoms with Gasteiger partial charge in [0.15, 0.2) is 6.04 Å². The van der Waals surface area contributed by atoms with Crippen molar-refractivity contribution in [3.63, 3.8) is 0 Å². The molecule has 2 amide bonds. The van der Waals surface area contributed by atoms with Crippen molar-refractivity contribution in [2.75, 3.05) is 7.05 Å². The number of amides is 2. The van der Waals surface area contributed by atoms with Gasteiger partial charge in [-0.25, -0.2) is 9.59 Å². The molecule has 1 heterocycles. The number of hydrogen-bond donors (Lipinski definition) is 3. The Morgan fingerprint density at radius 1 is 1.31 bits per heavy atom. The molecule has 0 saturated carbocycles. The summed E-state index contributed by atoms with van der Waals surface area (Å²) in [5, 5.41) is 19.2. The molecule has 26 heavy (non-hydrogen) atoms. The number of nitrogens with zero attached hydrogens (tertiary/aromatic N) is 2. The number of benzene rings is 1. The van der Waals surface area contributed by atoms with E-state index in [1.165, 1.54) is 4.90 Å². The van der Waals surface area contributed by atoms with Gasteiger partial charge >= 0.3 is 12.0 Å². The van der Waals surface area contributed by atoms with Crippen LogP contribution in [0.3, 0.4) is 0 Å². The quantitative estimate of drug-likeness (QED) is 0.765. The molecule has 1 atom stereocenters. The van der Waals surface area contributed by atoms with E-state index in [0.717, 1.165) is 17.0 Å². The number of carbonyl (C=O) groups excluding carboxylic acids is 1. The molecule has 2 aromatic rings. The molecule has 0 bridgehead atoms. The molecule has 7 nitrogen and oxygen atoms in total. The summed E-state index contributed by atoms with van der Waals surface area (Å²) >= 11 is 0. The molecular weight excluding hydrogens is 332 g/mol. The fourth-order valence-corrected chi connectivity index (χ4v) is 2.53. The van der Waals surface area contributed by atoms with Crippen LogP contribution in [-0.4, -0.2) is 39.3 Å². The highest BCUT2D eigenvalue weighted by Crippen LogP contribution is 2.21. The number of carboxylic acids is 1. The molecule has 1 aromatic carbocycles. The van der Waals surface area contributed by atoms with Crippen molar-refractivity contribution in [2.45, 2.75) is 45.7 Å². The second-order valence-corrected chi connectivity index (χ2v) is 7.52. The van der Waals surface area contributed by atoms with Gasteiger partial charge in [-0.2, -0.15) is 5.10 Å². The van der Waals surface area contributed by atoms with E-state index in [2.05, 4.69) is 36.3 Å². The number of nitrogens with one attached hydrogen (secondary N) is 2. The van der Waals surface area contributed by atoms with E-state index in [-0.39, 0.29) is 5.41 Å². The Morgan fingerprint density at radius 3 is 2.54 bits per heavy atom. The van der Waals surface area contributed by atoms with Crippen LogP contribution in [0.1, 0.15) is 49.3 Å². The predicted molar refractivity (Wildman–Crippen MR) is 98.8 cm³/mol. The standard InChI is InChI=1S/C19H26N4O3/c1-12-7-6-8-13(9-12)16(17(24)25)20-18(26)23(5)11-14-10-15(22-21-14)19(2,3)4/h6-10,16H,11H2,1-5H3,(H,20,26)(H,21,22)(H,24,25)/t16-/m1/s1. The maximum absolute atomic E-state index is 12.4. The summed E-state index contributed by atoms with van der Waals surface area (Å²) in [6.07, 6.45) is 0. The number of aromatic nitrogens is 2. The van der Waals surface area contributed by atoms with Gasteiger partial charge in [-0.3, -0.25) is 5.10 Å².